The molecule has 1 aliphatic rings. The SMILES string of the molecule is CC1=Cc2ccccc2C=[As]1. The molecule has 0 saturated carbocycles. The van der Waals surface area contributed by atoms with E-state index in [4.69, 9.17) is 0 Å². The fourth-order valence-electron chi connectivity index (χ4n) is 1.19. The van der Waals surface area contributed by atoms with Crippen LogP contribution in [0, 0.1) is 0 Å². The summed E-state index contributed by atoms with van der Waals surface area (Å²) in [7, 11) is 0. The van der Waals surface area contributed by atoms with Crippen LogP contribution in [0.15, 0.2) is 28.6 Å². The molecule has 0 fully saturated rings. The Morgan fingerprint density at radius 1 is 1.09 bits per heavy atom. The Morgan fingerprint density at radius 3 is 2.64 bits per heavy atom. The van der Waals surface area contributed by atoms with E-state index in [1.165, 1.54) is 11.1 Å². The van der Waals surface area contributed by atoms with Crippen molar-refractivity contribution >= 4 is 26.2 Å². The molecule has 1 aliphatic heterocycles. The monoisotopic (exact) mass is 204 g/mol. The van der Waals surface area contributed by atoms with Crippen LogP contribution in [0.2, 0.25) is 0 Å². The van der Waals surface area contributed by atoms with Gasteiger partial charge in [0.1, 0.15) is 0 Å². The quantitative estimate of drug-likeness (QED) is 0.566. The van der Waals surface area contributed by atoms with Gasteiger partial charge in [0.2, 0.25) is 0 Å². The molecule has 0 bridgehead atoms. The van der Waals surface area contributed by atoms with Crippen LogP contribution >= 0.6 is 0 Å². The molecule has 54 valence electrons. The molecule has 2 rings (SSSR count). The molecular weight excluding hydrogens is 195 g/mol. The van der Waals surface area contributed by atoms with Crippen molar-refractivity contribution in [2.75, 3.05) is 0 Å². The fraction of sp³-hybridized carbons (Fsp3) is 0.100. The molecule has 0 atom stereocenters. The van der Waals surface area contributed by atoms with Gasteiger partial charge < -0.3 is 0 Å². The van der Waals surface area contributed by atoms with Gasteiger partial charge in [-0.05, 0) is 0 Å². The predicted octanol–water partition coefficient (Wildman–Crippen LogP) is 1.92. The van der Waals surface area contributed by atoms with E-state index in [1.807, 2.05) is 0 Å². The van der Waals surface area contributed by atoms with Gasteiger partial charge in [-0.3, -0.25) is 0 Å². The second-order valence-corrected chi connectivity index (χ2v) is 5.24. The molecule has 11 heavy (non-hydrogen) atoms. The zero-order valence-electron chi connectivity index (χ0n) is 6.41. The number of rotatable bonds is 0. The summed E-state index contributed by atoms with van der Waals surface area (Å²) in [5.74, 6) is 0. The topological polar surface area (TPSA) is 0 Å². The van der Waals surface area contributed by atoms with Crippen molar-refractivity contribution < 1.29 is 0 Å². The Hall–Kier alpha value is -0.612. The summed E-state index contributed by atoms with van der Waals surface area (Å²) in [4.78, 5) is 2.38. The van der Waals surface area contributed by atoms with Crippen LogP contribution in [-0.2, 0) is 0 Å². The van der Waals surface area contributed by atoms with Crippen LogP contribution in [0.5, 0.6) is 0 Å². The van der Waals surface area contributed by atoms with E-state index in [1.54, 1.807) is 4.36 Å². The Bertz CT molecular complexity index is 334. The summed E-state index contributed by atoms with van der Waals surface area (Å²) in [5, 5.41) is 0. The molecule has 1 heteroatoms. The van der Waals surface area contributed by atoms with Crippen molar-refractivity contribution in [1.29, 1.82) is 0 Å². The van der Waals surface area contributed by atoms with Crippen molar-refractivity contribution in [2.45, 2.75) is 6.92 Å². The molecule has 0 N–H and O–H groups in total. The maximum absolute atomic E-state index is 2.38. The van der Waals surface area contributed by atoms with Gasteiger partial charge in [-0.2, -0.15) is 0 Å². The summed E-state index contributed by atoms with van der Waals surface area (Å²) >= 11 is 0.333. The van der Waals surface area contributed by atoms with Gasteiger partial charge in [-0.25, -0.2) is 0 Å². The minimum absolute atomic E-state index is 0.333. The van der Waals surface area contributed by atoms with Gasteiger partial charge in [0.25, 0.3) is 0 Å². The zero-order chi connectivity index (χ0) is 7.68. The Kier molecular flexibility index (Phi) is 1.79. The van der Waals surface area contributed by atoms with Crippen LogP contribution in [0.1, 0.15) is 18.1 Å². The van der Waals surface area contributed by atoms with Crippen molar-refractivity contribution in [3.8, 4) is 0 Å². The molecule has 0 radical (unpaired) electrons. The van der Waals surface area contributed by atoms with Crippen molar-refractivity contribution in [3.05, 3.63) is 39.8 Å². The Balaban J connectivity index is 2.61. The molecule has 0 aromatic heterocycles. The fourth-order valence-corrected chi connectivity index (χ4v) is 2.85. The van der Waals surface area contributed by atoms with Gasteiger partial charge in [0.05, 0.1) is 0 Å². The first-order chi connectivity index (χ1) is 5.36. The van der Waals surface area contributed by atoms with Gasteiger partial charge >= 0.3 is 72.9 Å². The summed E-state index contributed by atoms with van der Waals surface area (Å²) in [5.41, 5.74) is 2.80. The third kappa shape index (κ3) is 1.36. The summed E-state index contributed by atoms with van der Waals surface area (Å²) < 4.78 is 1.54. The average molecular weight is 204 g/mol. The molecule has 0 aliphatic carbocycles. The third-order valence-corrected chi connectivity index (χ3v) is 3.75. The molecule has 1 aromatic rings. The summed E-state index contributed by atoms with van der Waals surface area (Å²) in [6, 6.07) is 8.56. The van der Waals surface area contributed by atoms with Crippen LogP contribution in [-0.4, -0.2) is 20.1 Å². The van der Waals surface area contributed by atoms with Crippen LogP contribution in [0.3, 0.4) is 0 Å². The number of allylic oxidation sites excluding steroid dienone is 1. The van der Waals surface area contributed by atoms with E-state index >= 15 is 0 Å². The van der Waals surface area contributed by atoms with E-state index in [2.05, 4.69) is 42.1 Å². The van der Waals surface area contributed by atoms with Crippen molar-refractivity contribution in [3.63, 3.8) is 0 Å². The average Bonchev–Trinajstić information content (AvgIpc) is 2.04. The molecule has 0 amide bonds. The second kappa shape index (κ2) is 2.79. The first-order valence-corrected chi connectivity index (χ1v) is 5.70. The van der Waals surface area contributed by atoms with E-state index in [0.717, 1.165) is 0 Å². The van der Waals surface area contributed by atoms with E-state index in [9.17, 15) is 0 Å². The van der Waals surface area contributed by atoms with Crippen LogP contribution < -0.4 is 0 Å². The Morgan fingerprint density at radius 2 is 1.82 bits per heavy atom. The van der Waals surface area contributed by atoms with E-state index < -0.39 is 0 Å². The van der Waals surface area contributed by atoms with Crippen molar-refractivity contribution in [1.82, 2.24) is 0 Å². The molecule has 1 heterocycles. The number of benzene rings is 1. The van der Waals surface area contributed by atoms with E-state index in [-0.39, 0.29) is 0 Å². The van der Waals surface area contributed by atoms with Crippen LogP contribution in [0.25, 0.3) is 6.08 Å². The first kappa shape index (κ1) is 7.06. The molecular formula is C10H9As. The zero-order valence-corrected chi connectivity index (χ0v) is 8.29. The summed E-state index contributed by atoms with van der Waals surface area (Å²) in [6.45, 7) is 2.21. The molecule has 1 aromatic carbocycles. The van der Waals surface area contributed by atoms with Gasteiger partial charge in [0, 0.05) is 0 Å². The maximum atomic E-state index is 2.38. The molecule has 0 unspecified atom stereocenters. The van der Waals surface area contributed by atoms with E-state index in [0.29, 0.717) is 15.3 Å². The van der Waals surface area contributed by atoms with Gasteiger partial charge in [-0.15, -0.1) is 0 Å². The first-order valence-electron chi connectivity index (χ1n) is 3.68. The molecule has 0 nitrogen and oxygen atoms in total. The van der Waals surface area contributed by atoms with Crippen molar-refractivity contribution in [2.24, 2.45) is 0 Å². The van der Waals surface area contributed by atoms with Gasteiger partial charge in [-0.1, -0.05) is 0 Å². The number of hydrogen-bond acceptors (Lipinski definition) is 0. The van der Waals surface area contributed by atoms with Crippen LogP contribution in [0.4, 0.5) is 0 Å². The third-order valence-electron chi connectivity index (χ3n) is 1.77. The standard InChI is InChI=1S/C10H9As/c1-8-6-9-4-2-3-5-10(9)7-11-8/h2-7H,1H3. The minimum atomic E-state index is 0.333. The summed E-state index contributed by atoms with van der Waals surface area (Å²) in [6.07, 6.45) is 2.30. The Labute approximate surface area is 73.2 Å². The predicted molar refractivity (Wildman–Crippen MR) is 51.0 cm³/mol. The second-order valence-electron chi connectivity index (χ2n) is 2.67. The number of hydrogen-bond donors (Lipinski definition) is 0. The number of fused-ring (bicyclic) bond motifs is 1. The molecule has 0 saturated heterocycles. The van der Waals surface area contributed by atoms with Gasteiger partial charge in [0.15, 0.2) is 0 Å². The normalized spacial score (nSPS) is 15.5. The molecule has 0 spiro atoms.